The van der Waals surface area contributed by atoms with Crippen LogP contribution in [0.3, 0.4) is 0 Å². The van der Waals surface area contributed by atoms with Gasteiger partial charge in [-0.2, -0.15) is 0 Å². The van der Waals surface area contributed by atoms with Gasteiger partial charge in [-0.05, 0) is 42.4 Å². The summed E-state index contributed by atoms with van der Waals surface area (Å²) in [6.45, 7) is 0.362. The van der Waals surface area contributed by atoms with Crippen LogP contribution in [-0.2, 0) is 21.2 Å². The van der Waals surface area contributed by atoms with Gasteiger partial charge in [0.25, 0.3) is 5.91 Å². The Balaban J connectivity index is 1.61. The van der Waals surface area contributed by atoms with Gasteiger partial charge in [0, 0.05) is 12.6 Å². The van der Waals surface area contributed by atoms with Crippen LogP contribution in [0.1, 0.15) is 24.8 Å². The third kappa shape index (κ3) is 4.51. The molecule has 5 nitrogen and oxygen atoms in total. The van der Waals surface area contributed by atoms with Crippen LogP contribution < -0.4 is 4.72 Å². The number of amides is 1. The normalized spacial score (nSPS) is 23.2. The quantitative estimate of drug-likeness (QED) is 0.787. The number of hydrogen-bond donors (Lipinski definition) is 1. The molecule has 1 heterocycles. The predicted molar refractivity (Wildman–Crippen MR) is 111 cm³/mol. The van der Waals surface area contributed by atoms with Gasteiger partial charge in [0.15, 0.2) is 5.67 Å². The number of nitrogens with zero attached hydrogens (tertiary/aromatic N) is 1. The van der Waals surface area contributed by atoms with Gasteiger partial charge in [0.1, 0.15) is 0 Å². The van der Waals surface area contributed by atoms with Crippen molar-refractivity contribution in [1.82, 2.24) is 9.62 Å². The first-order valence-electron chi connectivity index (χ1n) is 9.87. The Morgan fingerprint density at radius 1 is 1.14 bits per heavy atom. The molecular weight excluding hydrogens is 391 g/mol. The second kappa shape index (κ2) is 7.54. The summed E-state index contributed by atoms with van der Waals surface area (Å²) in [7, 11) is -3.43. The van der Waals surface area contributed by atoms with Crippen molar-refractivity contribution >= 4 is 15.9 Å². The number of rotatable bonds is 6. The van der Waals surface area contributed by atoms with Crippen molar-refractivity contribution in [2.24, 2.45) is 0 Å². The summed E-state index contributed by atoms with van der Waals surface area (Å²) in [4.78, 5) is 14.2. The highest BCUT2D eigenvalue weighted by Crippen LogP contribution is 2.43. The highest BCUT2D eigenvalue weighted by Gasteiger charge is 2.55. The lowest BCUT2D eigenvalue weighted by Gasteiger charge is -2.29. The molecule has 2 aliphatic rings. The molecule has 2 unspecified atom stereocenters. The maximum atomic E-state index is 14.5. The summed E-state index contributed by atoms with van der Waals surface area (Å²) in [5.41, 5.74) is 1.36. The van der Waals surface area contributed by atoms with Gasteiger partial charge in [0.2, 0.25) is 10.0 Å². The van der Waals surface area contributed by atoms with Crippen LogP contribution in [-0.4, -0.2) is 49.8 Å². The zero-order valence-corrected chi connectivity index (χ0v) is 17.2. The number of likely N-dealkylation sites (tertiary alicyclic amines) is 1. The molecule has 7 heteroatoms. The van der Waals surface area contributed by atoms with Crippen LogP contribution in [0.4, 0.5) is 4.39 Å². The van der Waals surface area contributed by atoms with Gasteiger partial charge in [-0.25, -0.2) is 17.5 Å². The predicted octanol–water partition coefficient (Wildman–Crippen LogP) is 2.92. The Morgan fingerprint density at radius 3 is 2.48 bits per heavy atom. The largest absolute Gasteiger partial charge is 0.335 e. The van der Waals surface area contributed by atoms with Gasteiger partial charge in [-0.1, -0.05) is 54.6 Å². The van der Waals surface area contributed by atoms with Crippen molar-refractivity contribution < 1.29 is 17.6 Å². The number of sulfonamides is 1. The molecule has 2 fully saturated rings. The van der Waals surface area contributed by atoms with Crippen molar-refractivity contribution in [3.8, 4) is 11.1 Å². The van der Waals surface area contributed by atoms with E-state index in [1.54, 1.807) is 4.90 Å². The standard InChI is InChI=1S/C22H25FN2O3S/c1-29(27,28)24-19-10-13-25(21(26)22(23)11-12-22)20(19)15-16-6-5-9-18(14-16)17-7-3-2-4-8-17/h2-9,14,19-20,24H,10-13,15H2,1H3. The van der Waals surface area contributed by atoms with E-state index in [1.807, 2.05) is 48.5 Å². The summed E-state index contributed by atoms with van der Waals surface area (Å²) < 4.78 is 40.8. The van der Waals surface area contributed by atoms with Crippen LogP contribution >= 0.6 is 0 Å². The second-order valence-electron chi connectivity index (χ2n) is 8.09. The van der Waals surface area contributed by atoms with Gasteiger partial charge in [-0.3, -0.25) is 4.79 Å². The van der Waals surface area contributed by atoms with E-state index in [-0.39, 0.29) is 12.8 Å². The number of hydrogen-bond acceptors (Lipinski definition) is 3. The first-order chi connectivity index (χ1) is 13.8. The highest BCUT2D eigenvalue weighted by molar-refractivity contribution is 7.88. The Hall–Kier alpha value is -2.25. The summed E-state index contributed by atoms with van der Waals surface area (Å²) >= 11 is 0. The second-order valence-corrected chi connectivity index (χ2v) is 9.87. The molecule has 2 aromatic rings. The fourth-order valence-corrected chi connectivity index (χ4v) is 4.93. The molecule has 0 radical (unpaired) electrons. The minimum atomic E-state index is -3.43. The van der Waals surface area contributed by atoms with E-state index in [1.165, 1.54) is 0 Å². The highest BCUT2D eigenvalue weighted by atomic mass is 32.2. The Labute approximate surface area is 171 Å². The molecule has 0 spiro atoms. The molecule has 154 valence electrons. The van der Waals surface area contributed by atoms with Crippen LogP contribution in [0, 0.1) is 0 Å². The fourth-order valence-electron chi connectivity index (χ4n) is 4.10. The van der Waals surface area contributed by atoms with Crippen molar-refractivity contribution in [1.29, 1.82) is 0 Å². The van der Waals surface area contributed by atoms with E-state index >= 15 is 0 Å². The lowest BCUT2D eigenvalue weighted by molar-refractivity contribution is -0.139. The molecule has 0 bridgehead atoms. The molecule has 29 heavy (non-hydrogen) atoms. The molecule has 2 aromatic carbocycles. The average molecular weight is 417 g/mol. The van der Waals surface area contributed by atoms with E-state index in [4.69, 9.17) is 0 Å². The van der Waals surface area contributed by atoms with Crippen LogP contribution in [0.15, 0.2) is 54.6 Å². The molecule has 0 aromatic heterocycles. The number of nitrogens with one attached hydrogen (secondary N) is 1. The molecule has 4 rings (SSSR count). The zero-order chi connectivity index (χ0) is 20.6. The smallest absolute Gasteiger partial charge is 0.260 e. The molecule has 1 amide bonds. The van der Waals surface area contributed by atoms with Crippen molar-refractivity contribution in [3.63, 3.8) is 0 Å². The van der Waals surface area contributed by atoms with E-state index in [0.29, 0.717) is 19.4 Å². The van der Waals surface area contributed by atoms with Gasteiger partial charge in [-0.15, -0.1) is 0 Å². The first-order valence-corrected chi connectivity index (χ1v) is 11.8. The fraction of sp³-hybridized carbons (Fsp3) is 0.409. The molecule has 1 N–H and O–H groups in total. The Morgan fingerprint density at radius 2 is 1.83 bits per heavy atom. The molecule has 2 atom stereocenters. The summed E-state index contributed by atoms with van der Waals surface area (Å²) in [6.07, 6.45) is 2.57. The first kappa shape index (κ1) is 20.0. The van der Waals surface area contributed by atoms with E-state index in [2.05, 4.69) is 10.8 Å². The van der Waals surface area contributed by atoms with Crippen molar-refractivity contribution in [2.45, 2.75) is 43.4 Å². The molecule has 1 saturated carbocycles. The van der Waals surface area contributed by atoms with Gasteiger partial charge >= 0.3 is 0 Å². The van der Waals surface area contributed by atoms with Crippen molar-refractivity contribution in [2.75, 3.05) is 12.8 Å². The summed E-state index contributed by atoms with van der Waals surface area (Å²) in [5.74, 6) is -0.500. The average Bonchev–Trinajstić information content (AvgIpc) is 3.34. The molecular formula is C22H25FN2O3S. The number of carbonyl (C=O) groups excluding carboxylic acids is 1. The monoisotopic (exact) mass is 416 g/mol. The van der Waals surface area contributed by atoms with Crippen molar-refractivity contribution in [3.05, 3.63) is 60.2 Å². The number of benzene rings is 2. The van der Waals surface area contributed by atoms with E-state index < -0.39 is 33.7 Å². The third-order valence-electron chi connectivity index (χ3n) is 5.72. The minimum Gasteiger partial charge on any atom is -0.335 e. The Kier molecular flexibility index (Phi) is 5.21. The van der Waals surface area contributed by atoms with Crippen LogP contribution in [0.25, 0.3) is 11.1 Å². The topological polar surface area (TPSA) is 66.5 Å². The summed E-state index contributed by atoms with van der Waals surface area (Å²) in [5, 5.41) is 0. The van der Waals surface area contributed by atoms with E-state index in [0.717, 1.165) is 22.9 Å². The minimum absolute atomic E-state index is 0.253. The van der Waals surface area contributed by atoms with Gasteiger partial charge in [0.05, 0.1) is 12.3 Å². The Bertz CT molecular complexity index is 1010. The zero-order valence-electron chi connectivity index (χ0n) is 16.3. The van der Waals surface area contributed by atoms with Gasteiger partial charge < -0.3 is 4.90 Å². The number of alkyl halides is 1. The third-order valence-corrected chi connectivity index (χ3v) is 6.45. The molecule has 1 saturated heterocycles. The number of carbonyl (C=O) groups is 1. The SMILES string of the molecule is CS(=O)(=O)NC1CCN(C(=O)C2(F)CC2)C1Cc1cccc(-c2ccccc2)c1. The maximum Gasteiger partial charge on any atom is 0.260 e. The molecule has 1 aliphatic carbocycles. The van der Waals surface area contributed by atoms with Crippen LogP contribution in [0.5, 0.6) is 0 Å². The molecule has 1 aliphatic heterocycles. The maximum absolute atomic E-state index is 14.5. The lowest BCUT2D eigenvalue weighted by atomic mass is 9.97. The summed E-state index contributed by atoms with van der Waals surface area (Å²) in [6, 6.07) is 17.1. The van der Waals surface area contributed by atoms with Crippen LogP contribution in [0.2, 0.25) is 0 Å². The van der Waals surface area contributed by atoms with E-state index in [9.17, 15) is 17.6 Å². The lowest BCUT2D eigenvalue weighted by Crippen LogP contribution is -2.50. The number of halogens is 1.